The average Bonchev–Trinajstić information content (AvgIpc) is 2.38. The van der Waals surface area contributed by atoms with Crippen molar-refractivity contribution < 1.29 is 9.53 Å². The highest BCUT2D eigenvalue weighted by Gasteiger charge is 2.13. The van der Waals surface area contributed by atoms with E-state index >= 15 is 0 Å². The maximum absolute atomic E-state index is 11.6. The lowest BCUT2D eigenvalue weighted by molar-refractivity contribution is 0.0524. The summed E-state index contributed by atoms with van der Waals surface area (Å²) in [6.45, 7) is 7.90. The van der Waals surface area contributed by atoms with Crippen molar-refractivity contribution in [3.05, 3.63) is 17.5 Å². The zero-order chi connectivity index (χ0) is 15.1. The molecule has 6 nitrogen and oxygen atoms in total. The van der Waals surface area contributed by atoms with Crippen LogP contribution < -0.4 is 10.6 Å². The number of anilines is 1. The molecule has 0 aromatic carbocycles. The molecule has 0 saturated heterocycles. The Morgan fingerprint density at radius 3 is 2.75 bits per heavy atom. The number of esters is 1. The summed E-state index contributed by atoms with van der Waals surface area (Å²) in [6.07, 6.45) is 2.40. The summed E-state index contributed by atoms with van der Waals surface area (Å²) >= 11 is 5.15. The first-order valence-electron chi connectivity index (χ1n) is 6.56. The average molecular weight is 296 g/mol. The highest BCUT2D eigenvalue weighted by molar-refractivity contribution is 7.80. The molecule has 0 radical (unpaired) electrons. The van der Waals surface area contributed by atoms with Crippen LogP contribution in [0.15, 0.2) is 6.20 Å². The number of rotatable bonds is 5. The third-order valence-electron chi connectivity index (χ3n) is 2.69. The van der Waals surface area contributed by atoms with E-state index in [1.165, 1.54) is 6.20 Å². The summed E-state index contributed by atoms with van der Waals surface area (Å²) in [5.74, 6) is -0.0618. The second kappa shape index (κ2) is 7.74. The van der Waals surface area contributed by atoms with Gasteiger partial charge in [-0.25, -0.2) is 14.8 Å². The lowest BCUT2D eigenvalue weighted by Gasteiger charge is -2.14. The minimum Gasteiger partial charge on any atom is -0.462 e. The number of carbonyl (C=O) groups excluding carboxylic acids is 1. The van der Waals surface area contributed by atoms with Crippen LogP contribution in [0, 0.1) is 6.92 Å². The molecule has 1 aromatic heterocycles. The van der Waals surface area contributed by atoms with Gasteiger partial charge in [0.15, 0.2) is 5.11 Å². The van der Waals surface area contributed by atoms with Gasteiger partial charge in [-0.05, 0) is 39.4 Å². The number of nitrogens with one attached hydrogen (secondary N) is 2. The van der Waals surface area contributed by atoms with Gasteiger partial charge in [-0.15, -0.1) is 0 Å². The van der Waals surface area contributed by atoms with Crippen LogP contribution in [0.25, 0.3) is 0 Å². The smallest absolute Gasteiger partial charge is 0.341 e. The Balaban J connectivity index is 2.72. The van der Waals surface area contributed by atoms with E-state index in [1.54, 1.807) is 13.8 Å². The van der Waals surface area contributed by atoms with Crippen molar-refractivity contribution in [2.45, 2.75) is 40.2 Å². The number of ether oxygens (including phenoxy) is 1. The van der Waals surface area contributed by atoms with Crippen LogP contribution in [-0.4, -0.2) is 33.7 Å². The molecule has 1 aromatic rings. The molecule has 110 valence electrons. The summed E-state index contributed by atoms with van der Waals surface area (Å²) in [5.41, 5.74) is 0.908. The minimum atomic E-state index is -0.420. The molecule has 20 heavy (non-hydrogen) atoms. The van der Waals surface area contributed by atoms with Gasteiger partial charge in [-0.3, -0.25) is 0 Å². The normalized spacial score (nSPS) is 11.6. The van der Waals surface area contributed by atoms with Gasteiger partial charge in [0, 0.05) is 12.2 Å². The quantitative estimate of drug-likeness (QED) is 0.636. The summed E-state index contributed by atoms with van der Waals surface area (Å²) in [5, 5.41) is 6.46. The molecule has 0 bridgehead atoms. The summed E-state index contributed by atoms with van der Waals surface area (Å²) in [6, 6.07) is 0.273. The van der Waals surface area contributed by atoms with Gasteiger partial charge >= 0.3 is 5.97 Å². The van der Waals surface area contributed by atoms with Gasteiger partial charge in [0.05, 0.1) is 17.9 Å². The van der Waals surface area contributed by atoms with E-state index in [2.05, 4.69) is 27.5 Å². The van der Waals surface area contributed by atoms with Crippen molar-refractivity contribution in [1.29, 1.82) is 0 Å². The molecule has 0 spiro atoms. The number of aryl methyl sites for hydroxylation is 1. The fourth-order valence-corrected chi connectivity index (χ4v) is 1.69. The monoisotopic (exact) mass is 296 g/mol. The standard InChI is InChI=1S/C13H20N4O2S/c1-5-8(3)15-13(20)17-12-14-7-10(9(4)16-12)11(18)19-6-2/h7-8H,5-6H2,1-4H3,(H2,14,15,16,17,20)/t8-/m1/s1. The molecule has 0 fully saturated rings. The van der Waals surface area contributed by atoms with Gasteiger partial charge in [-0.1, -0.05) is 6.92 Å². The van der Waals surface area contributed by atoms with E-state index in [0.717, 1.165) is 6.42 Å². The number of carbonyl (C=O) groups is 1. The SMILES string of the molecule is CCOC(=O)c1cnc(NC(=S)N[C@H](C)CC)nc1C. The van der Waals surface area contributed by atoms with Gasteiger partial charge in [0.1, 0.15) is 0 Å². The van der Waals surface area contributed by atoms with Gasteiger partial charge in [0.25, 0.3) is 0 Å². The molecule has 0 aliphatic carbocycles. The molecule has 0 aliphatic rings. The van der Waals surface area contributed by atoms with Crippen LogP contribution in [0.2, 0.25) is 0 Å². The van der Waals surface area contributed by atoms with Crippen molar-refractivity contribution in [3.8, 4) is 0 Å². The maximum Gasteiger partial charge on any atom is 0.341 e. The second-order valence-electron chi connectivity index (χ2n) is 4.32. The van der Waals surface area contributed by atoms with Crippen LogP contribution in [0.3, 0.4) is 0 Å². The maximum atomic E-state index is 11.6. The van der Waals surface area contributed by atoms with E-state index in [9.17, 15) is 4.79 Å². The van der Waals surface area contributed by atoms with Crippen molar-refractivity contribution >= 4 is 29.2 Å². The second-order valence-corrected chi connectivity index (χ2v) is 4.73. The molecule has 0 aliphatic heterocycles. The molecule has 7 heteroatoms. The summed E-state index contributed by atoms with van der Waals surface area (Å²) < 4.78 is 4.92. The molecule has 1 atom stereocenters. The highest BCUT2D eigenvalue weighted by atomic mass is 32.1. The van der Waals surface area contributed by atoms with E-state index < -0.39 is 5.97 Å². The largest absolute Gasteiger partial charge is 0.462 e. The van der Waals surface area contributed by atoms with Crippen molar-refractivity contribution in [2.75, 3.05) is 11.9 Å². The molecular weight excluding hydrogens is 276 g/mol. The van der Waals surface area contributed by atoms with Crippen LogP contribution in [0.1, 0.15) is 43.2 Å². The van der Waals surface area contributed by atoms with Crippen LogP contribution in [0.4, 0.5) is 5.95 Å². The predicted molar refractivity (Wildman–Crippen MR) is 81.8 cm³/mol. The van der Waals surface area contributed by atoms with Crippen LogP contribution in [0.5, 0.6) is 0 Å². The van der Waals surface area contributed by atoms with Crippen LogP contribution >= 0.6 is 12.2 Å². The Bertz CT molecular complexity index is 493. The number of hydrogen-bond acceptors (Lipinski definition) is 5. The highest BCUT2D eigenvalue weighted by Crippen LogP contribution is 2.08. The van der Waals surface area contributed by atoms with Crippen molar-refractivity contribution in [3.63, 3.8) is 0 Å². The van der Waals surface area contributed by atoms with Crippen molar-refractivity contribution in [2.24, 2.45) is 0 Å². The first kappa shape index (κ1) is 16.3. The van der Waals surface area contributed by atoms with E-state index in [4.69, 9.17) is 17.0 Å². The molecule has 0 saturated carbocycles. The van der Waals surface area contributed by atoms with Gasteiger partial charge in [-0.2, -0.15) is 0 Å². The third-order valence-corrected chi connectivity index (χ3v) is 2.91. The Hall–Kier alpha value is -1.76. The topological polar surface area (TPSA) is 76.1 Å². The fourth-order valence-electron chi connectivity index (χ4n) is 1.40. The van der Waals surface area contributed by atoms with Crippen molar-refractivity contribution in [1.82, 2.24) is 15.3 Å². The molecule has 0 amide bonds. The van der Waals surface area contributed by atoms with E-state index in [1.807, 2.05) is 6.92 Å². The predicted octanol–water partition coefficient (Wildman–Crippen LogP) is 2.05. The Kier molecular flexibility index (Phi) is 6.30. The number of aromatic nitrogens is 2. The molecular formula is C13H20N4O2S. The molecule has 2 N–H and O–H groups in total. The third kappa shape index (κ3) is 4.73. The first-order valence-corrected chi connectivity index (χ1v) is 6.97. The Morgan fingerprint density at radius 1 is 1.50 bits per heavy atom. The number of hydrogen-bond donors (Lipinski definition) is 2. The fraction of sp³-hybridized carbons (Fsp3) is 0.538. The van der Waals surface area contributed by atoms with Gasteiger partial charge in [0.2, 0.25) is 5.95 Å². The molecule has 1 rings (SSSR count). The lowest BCUT2D eigenvalue weighted by atomic mass is 10.2. The number of nitrogens with zero attached hydrogens (tertiary/aromatic N) is 2. The van der Waals surface area contributed by atoms with E-state index in [0.29, 0.717) is 28.9 Å². The molecule has 1 heterocycles. The minimum absolute atomic E-state index is 0.273. The van der Waals surface area contributed by atoms with Crippen LogP contribution in [-0.2, 0) is 4.74 Å². The zero-order valence-corrected chi connectivity index (χ0v) is 13.0. The molecule has 0 unspecified atom stereocenters. The lowest BCUT2D eigenvalue weighted by Crippen LogP contribution is -2.35. The summed E-state index contributed by atoms with van der Waals surface area (Å²) in [4.78, 5) is 19.9. The zero-order valence-electron chi connectivity index (χ0n) is 12.2. The Labute approximate surface area is 124 Å². The van der Waals surface area contributed by atoms with Gasteiger partial charge < -0.3 is 15.4 Å². The van der Waals surface area contributed by atoms with E-state index in [-0.39, 0.29) is 6.04 Å². The number of thiocarbonyl (C=S) groups is 1. The first-order chi connectivity index (χ1) is 9.47. The summed E-state index contributed by atoms with van der Waals surface area (Å²) in [7, 11) is 0. The Morgan fingerprint density at radius 2 is 2.20 bits per heavy atom.